The average Bonchev–Trinajstić information content (AvgIpc) is 3.28. The van der Waals surface area contributed by atoms with Crippen molar-refractivity contribution in [2.24, 2.45) is 10.4 Å². The molecular formula is C25H30FN7O3. The molecule has 10 nitrogen and oxygen atoms in total. The van der Waals surface area contributed by atoms with Crippen molar-refractivity contribution in [3.05, 3.63) is 29.7 Å². The van der Waals surface area contributed by atoms with Crippen molar-refractivity contribution in [2.45, 2.75) is 38.5 Å². The van der Waals surface area contributed by atoms with Gasteiger partial charge in [0.15, 0.2) is 5.82 Å². The van der Waals surface area contributed by atoms with E-state index in [0.717, 1.165) is 12.1 Å². The van der Waals surface area contributed by atoms with Crippen LogP contribution in [-0.2, 0) is 15.9 Å². The number of hydrogen-bond acceptors (Lipinski definition) is 10. The molecule has 0 aliphatic carbocycles. The summed E-state index contributed by atoms with van der Waals surface area (Å²) in [6.07, 6.45) is 4.22. The number of anilines is 2. The molecule has 0 amide bonds. The second-order valence-electron chi connectivity index (χ2n) is 9.85. The summed E-state index contributed by atoms with van der Waals surface area (Å²) in [5.74, 6) is 0.0531. The molecule has 3 aliphatic rings. The SMILES string of the molecule is COCCNc1nccc(-c2noc3c(F)c4c(cc23)CC2(C=NCNC2)[C@H]2[C@H](C)O[C@H](C)CN42)n1. The average molecular weight is 496 g/mol. The summed E-state index contributed by atoms with van der Waals surface area (Å²) in [4.78, 5) is 15.6. The minimum atomic E-state index is -0.393. The molecule has 6 rings (SSSR count). The van der Waals surface area contributed by atoms with Gasteiger partial charge in [-0.05, 0) is 38.0 Å². The van der Waals surface area contributed by atoms with Crippen molar-refractivity contribution < 1.29 is 18.4 Å². The van der Waals surface area contributed by atoms with Crippen LogP contribution in [0.1, 0.15) is 19.4 Å². The maximum atomic E-state index is 16.2. The van der Waals surface area contributed by atoms with Gasteiger partial charge in [0.1, 0.15) is 5.69 Å². The van der Waals surface area contributed by atoms with Gasteiger partial charge in [0.2, 0.25) is 11.5 Å². The van der Waals surface area contributed by atoms with Crippen molar-refractivity contribution in [1.82, 2.24) is 20.4 Å². The van der Waals surface area contributed by atoms with Crippen LogP contribution in [0, 0.1) is 11.2 Å². The summed E-state index contributed by atoms with van der Waals surface area (Å²) in [5.41, 5.74) is 2.35. The molecule has 190 valence electrons. The zero-order chi connectivity index (χ0) is 24.9. The van der Waals surface area contributed by atoms with Gasteiger partial charge in [-0.1, -0.05) is 5.16 Å². The monoisotopic (exact) mass is 495 g/mol. The second kappa shape index (κ2) is 9.06. The summed E-state index contributed by atoms with van der Waals surface area (Å²) < 4.78 is 33.1. The quantitative estimate of drug-likeness (QED) is 0.516. The highest BCUT2D eigenvalue weighted by Gasteiger charge is 2.52. The van der Waals surface area contributed by atoms with Crippen LogP contribution in [0.4, 0.5) is 16.0 Å². The van der Waals surface area contributed by atoms with Gasteiger partial charge in [-0.3, -0.25) is 10.3 Å². The molecule has 11 heteroatoms. The fraction of sp³-hybridized carbons (Fsp3) is 0.520. The zero-order valence-electron chi connectivity index (χ0n) is 20.6. The number of halogens is 1. The lowest BCUT2D eigenvalue weighted by molar-refractivity contribution is -0.0522. The van der Waals surface area contributed by atoms with Gasteiger partial charge >= 0.3 is 0 Å². The van der Waals surface area contributed by atoms with E-state index in [1.807, 2.05) is 13.0 Å². The van der Waals surface area contributed by atoms with E-state index in [1.165, 1.54) is 0 Å². The number of nitrogens with one attached hydrogen (secondary N) is 2. The summed E-state index contributed by atoms with van der Waals surface area (Å²) in [6, 6.07) is 3.71. The van der Waals surface area contributed by atoms with Crippen LogP contribution in [-0.4, -0.2) is 79.6 Å². The summed E-state index contributed by atoms with van der Waals surface area (Å²) in [6.45, 7) is 7.11. The van der Waals surface area contributed by atoms with Crippen molar-refractivity contribution in [3.8, 4) is 11.4 Å². The molecular weight excluding hydrogens is 465 g/mol. The van der Waals surface area contributed by atoms with Gasteiger partial charge < -0.3 is 24.2 Å². The van der Waals surface area contributed by atoms with Crippen LogP contribution in [0.15, 0.2) is 27.8 Å². The van der Waals surface area contributed by atoms with Crippen LogP contribution in [0.2, 0.25) is 0 Å². The number of methoxy groups -OCH3 is 1. The Hall–Kier alpha value is -3.15. The Morgan fingerprint density at radius 3 is 3.06 bits per heavy atom. The molecule has 1 aromatic carbocycles. The summed E-state index contributed by atoms with van der Waals surface area (Å²) in [7, 11) is 1.63. The van der Waals surface area contributed by atoms with E-state index in [9.17, 15) is 0 Å². The molecule has 0 bridgehead atoms. The smallest absolute Gasteiger partial charge is 0.223 e. The van der Waals surface area contributed by atoms with Gasteiger partial charge in [0.25, 0.3) is 0 Å². The number of nitrogens with zero attached hydrogens (tertiary/aromatic N) is 5. The van der Waals surface area contributed by atoms with Crippen molar-refractivity contribution in [3.63, 3.8) is 0 Å². The molecule has 0 saturated carbocycles. The molecule has 2 N–H and O–H groups in total. The Morgan fingerprint density at radius 1 is 1.36 bits per heavy atom. The fourth-order valence-electron chi connectivity index (χ4n) is 6.06. The predicted octanol–water partition coefficient (Wildman–Crippen LogP) is 2.64. The number of ether oxygens (including phenoxy) is 2. The number of aromatic nitrogens is 3. The van der Waals surface area contributed by atoms with Crippen LogP contribution in [0.25, 0.3) is 22.4 Å². The van der Waals surface area contributed by atoms with Crippen molar-refractivity contribution >= 4 is 28.8 Å². The number of morpholine rings is 1. The fourth-order valence-corrected chi connectivity index (χ4v) is 6.06. The molecule has 1 unspecified atom stereocenters. The van der Waals surface area contributed by atoms with E-state index in [4.69, 9.17) is 14.0 Å². The first-order chi connectivity index (χ1) is 17.5. The molecule has 1 spiro atoms. The van der Waals surface area contributed by atoms with Gasteiger partial charge in [0.05, 0.1) is 48.3 Å². The Kier molecular flexibility index (Phi) is 5.85. The van der Waals surface area contributed by atoms with E-state index >= 15 is 4.39 Å². The van der Waals surface area contributed by atoms with Crippen LogP contribution in [0.3, 0.4) is 0 Å². The maximum absolute atomic E-state index is 16.2. The maximum Gasteiger partial charge on any atom is 0.223 e. The minimum absolute atomic E-state index is 0.0295. The summed E-state index contributed by atoms with van der Waals surface area (Å²) >= 11 is 0. The molecule has 4 atom stereocenters. The summed E-state index contributed by atoms with van der Waals surface area (Å²) in [5, 5.41) is 11.4. The van der Waals surface area contributed by atoms with E-state index in [2.05, 4.69) is 48.8 Å². The number of benzene rings is 1. The number of rotatable bonds is 5. The Bertz CT molecular complexity index is 1310. The second-order valence-corrected chi connectivity index (χ2v) is 9.85. The highest BCUT2D eigenvalue weighted by Crippen LogP contribution is 2.48. The molecule has 36 heavy (non-hydrogen) atoms. The zero-order valence-corrected chi connectivity index (χ0v) is 20.6. The lowest BCUT2D eigenvalue weighted by atomic mass is 9.68. The predicted molar refractivity (Wildman–Crippen MR) is 134 cm³/mol. The molecule has 3 aliphatic heterocycles. The molecule has 1 saturated heterocycles. The number of hydrogen-bond donors (Lipinski definition) is 2. The Labute approximate surface area is 208 Å². The van der Waals surface area contributed by atoms with Gasteiger partial charge in [-0.15, -0.1) is 0 Å². The first-order valence-electron chi connectivity index (χ1n) is 12.3. The van der Waals surface area contributed by atoms with Gasteiger partial charge in [0, 0.05) is 44.6 Å². The van der Waals surface area contributed by atoms with Crippen molar-refractivity contribution in [1.29, 1.82) is 0 Å². The lowest BCUT2D eigenvalue weighted by Gasteiger charge is -2.56. The Balaban J connectivity index is 1.47. The van der Waals surface area contributed by atoms with Crippen LogP contribution >= 0.6 is 0 Å². The molecule has 5 heterocycles. The van der Waals surface area contributed by atoms with E-state index in [1.54, 1.807) is 19.4 Å². The minimum Gasteiger partial charge on any atom is -0.383 e. The standard InChI is InChI=1S/C25H30FN7O3/c1-14-10-33-21-16(9-25(11-27-13-28-12-25)23(33)15(2)35-14)8-17-20(32-36-22(17)19(21)26)18-4-5-29-24(31-18)30-6-7-34-3/h4-5,8,11,14-15,23,28H,6-7,9-10,12-13H2,1-3H3,(H,29,30,31)/t14-,15+,23-,25?/m1/s1. The lowest BCUT2D eigenvalue weighted by Crippen LogP contribution is -2.67. The van der Waals surface area contributed by atoms with Crippen molar-refractivity contribution in [2.75, 3.05) is 50.2 Å². The third kappa shape index (κ3) is 3.73. The van der Waals surface area contributed by atoms with Crippen LogP contribution in [0.5, 0.6) is 0 Å². The highest BCUT2D eigenvalue weighted by molar-refractivity contribution is 5.95. The third-order valence-electron chi connectivity index (χ3n) is 7.33. The molecule has 3 aromatic rings. The van der Waals surface area contributed by atoms with E-state index < -0.39 is 5.82 Å². The topological polar surface area (TPSA) is 110 Å². The molecule has 1 fully saturated rings. The molecule has 2 aromatic heterocycles. The van der Waals surface area contributed by atoms with E-state index in [-0.39, 0.29) is 29.2 Å². The van der Waals surface area contributed by atoms with E-state index in [0.29, 0.717) is 61.2 Å². The first kappa shape index (κ1) is 23.3. The van der Waals surface area contributed by atoms with Crippen LogP contribution < -0.4 is 15.5 Å². The first-order valence-corrected chi connectivity index (χ1v) is 12.3. The third-order valence-corrected chi connectivity index (χ3v) is 7.33. The Morgan fingerprint density at radius 2 is 2.25 bits per heavy atom. The normalized spacial score (nSPS) is 27.3. The van der Waals surface area contributed by atoms with Gasteiger partial charge in [-0.2, -0.15) is 0 Å². The van der Waals surface area contributed by atoms with Gasteiger partial charge in [-0.25, -0.2) is 14.4 Å². The largest absolute Gasteiger partial charge is 0.383 e. The molecule has 0 radical (unpaired) electrons. The highest BCUT2D eigenvalue weighted by atomic mass is 19.1. The number of aliphatic imine (C=N–C) groups is 1. The number of fused-ring (bicyclic) bond motifs is 5.